The van der Waals surface area contributed by atoms with Gasteiger partial charge in [0.25, 0.3) is 0 Å². The van der Waals surface area contributed by atoms with Gasteiger partial charge in [0.1, 0.15) is 0 Å². The lowest BCUT2D eigenvalue weighted by atomic mass is 10.1. The molecule has 1 N–H and O–H groups in total. The van der Waals surface area contributed by atoms with E-state index in [-0.39, 0.29) is 0 Å². The Morgan fingerprint density at radius 1 is 1.65 bits per heavy atom. The van der Waals surface area contributed by atoms with Gasteiger partial charge in [0.05, 0.1) is 16.9 Å². The van der Waals surface area contributed by atoms with Gasteiger partial charge in [-0.05, 0) is 26.1 Å². The molecule has 1 aromatic rings. The fraction of sp³-hybridized carbons (Fsp3) is 0.250. The fourth-order valence-corrected chi connectivity index (χ4v) is 2.03. The number of nitrogens with zero attached hydrogens (tertiary/aromatic N) is 3. The lowest BCUT2D eigenvalue weighted by Gasteiger charge is -1.98. The summed E-state index contributed by atoms with van der Waals surface area (Å²) < 4.78 is 0. The van der Waals surface area contributed by atoms with Gasteiger partial charge in [0.15, 0.2) is 0 Å². The van der Waals surface area contributed by atoms with Crippen molar-refractivity contribution in [3.63, 3.8) is 0 Å². The number of allylic oxidation sites excluding steroid dienone is 3. The number of rotatable bonds is 6. The van der Waals surface area contributed by atoms with E-state index in [1.165, 1.54) is 11.8 Å². The molecule has 90 valence electrons. The third-order valence-electron chi connectivity index (χ3n) is 2.15. The molecule has 0 spiro atoms. The normalized spacial score (nSPS) is 12.6. The van der Waals surface area contributed by atoms with Gasteiger partial charge in [-0.2, -0.15) is 0 Å². The zero-order chi connectivity index (χ0) is 12.5. The number of thiazole rings is 1. The summed E-state index contributed by atoms with van der Waals surface area (Å²) in [5.41, 5.74) is 1.89. The van der Waals surface area contributed by atoms with Crippen molar-refractivity contribution in [2.24, 2.45) is 10.1 Å². The molecule has 0 aromatic carbocycles. The van der Waals surface area contributed by atoms with Crippen molar-refractivity contribution in [3.05, 3.63) is 40.0 Å². The Balaban J connectivity index is 2.54. The molecule has 0 atom stereocenters. The highest BCUT2D eigenvalue weighted by molar-refractivity contribution is 7.09. The lowest BCUT2D eigenvalue weighted by molar-refractivity contribution is 0.321. The summed E-state index contributed by atoms with van der Waals surface area (Å²) in [6.45, 7) is 5.39. The van der Waals surface area contributed by atoms with Crippen LogP contribution in [0.5, 0.6) is 0 Å². The van der Waals surface area contributed by atoms with Crippen molar-refractivity contribution in [2.75, 3.05) is 0 Å². The van der Waals surface area contributed by atoms with Crippen LogP contribution in [0.25, 0.3) is 0 Å². The Kier molecular flexibility index (Phi) is 5.88. The molecule has 0 bridgehead atoms. The van der Waals surface area contributed by atoms with Crippen LogP contribution in [-0.2, 0) is 6.42 Å². The molecule has 0 aliphatic carbocycles. The molecule has 0 saturated heterocycles. The highest BCUT2D eigenvalue weighted by Gasteiger charge is 2.01. The van der Waals surface area contributed by atoms with E-state index in [1.54, 1.807) is 17.5 Å². The molecule has 0 fully saturated rings. The predicted octanol–water partition coefficient (Wildman–Crippen LogP) is 3.04. The topological polar surface area (TPSA) is 57.8 Å². The number of aryl methyl sites for hydroxylation is 1. The largest absolute Gasteiger partial charge is 0.411 e. The Morgan fingerprint density at radius 3 is 3.12 bits per heavy atom. The predicted molar refractivity (Wildman–Crippen MR) is 72.3 cm³/mol. The maximum atomic E-state index is 8.38. The van der Waals surface area contributed by atoms with Crippen molar-refractivity contribution in [1.29, 1.82) is 0 Å². The molecule has 0 aliphatic heterocycles. The molecule has 0 saturated carbocycles. The van der Waals surface area contributed by atoms with E-state index < -0.39 is 0 Å². The van der Waals surface area contributed by atoms with Crippen LogP contribution in [0, 0.1) is 0 Å². The molecular weight excluding hydrogens is 234 g/mol. The highest BCUT2D eigenvalue weighted by Crippen LogP contribution is 2.14. The first kappa shape index (κ1) is 13.3. The van der Waals surface area contributed by atoms with Gasteiger partial charge in [-0.1, -0.05) is 16.8 Å². The maximum absolute atomic E-state index is 8.38. The van der Waals surface area contributed by atoms with Crippen LogP contribution in [0.3, 0.4) is 0 Å². The Bertz CT molecular complexity index is 446. The minimum atomic E-state index is 0.692. The van der Waals surface area contributed by atoms with Crippen LogP contribution in [0.2, 0.25) is 0 Å². The first-order chi connectivity index (χ1) is 8.30. The lowest BCUT2D eigenvalue weighted by Crippen LogP contribution is -1.88. The molecule has 0 unspecified atom stereocenters. The minimum Gasteiger partial charge on any atom is -0.411 e. The van der Waals surface area contributed by atoms with Crippen LogP contribution in [0.15, 0.2) is 39.5 Å². The van der Waals surface area contributed by atoms with Crippen LogP contribution >= 0.6 is 11.3 Å². The van der Waals surface area contributed by atoms with Gasteiger partial charge < -0.3 is 5.21 Å². The van der Waals surface area contributed by atoms with Gasteiger partial charge in [-0.3, -0.25) is 4.99 Å². The van der Waals surface area contributed by atoms with E-state index in [0.717, 1.165) is 17.8 Å². The van der Waals surface area contributed by atoms with Crippen molar-refractivity contribution in [1.82, 2.24) is 4.98 Å². The highest BCUT2D eigenvalue weighted by atomic mass is 32.1. The number of aromatic nitrogens is 1. The molecule has 0 amide bonds. The molecule has 1 aromatic heterocycles. The van der Waals surface area contributed by atoms with Gasteiger partial charge >= 0.3 is 0 Å². The van der Waals surface area contributed by atoms with E-state index in [9.17, 15) is 0 Å². The van der Waals surface area contributed by atoms with E-state index in [4.69, 9.17) is 5.21 Å². The summed E-state index contributed by atoms with van der Waals surface area (Å²) >= 11 is 1.57. The number of hydrogen-bond donors (Lipinski definition) is 1. The first-order valence-corrected chi connectivity index (χ1v) is 6.07. The third kappa shape index (κ3) is 4.74. The van der Waals surface area contributed by atoms with Crippen LogP contribution in [-0.4, -0.2) is 23.1 Å². The smallest absolute Gasteiger partial charge is 0.0958 e. The SMILES string of the molecule is C=N/C=C\C(=C/C)CCc1nc(/C=N\O)cs1. The molecule has 5 heteroatoms. The van der Waals surface area contributed by atoms with Gasteiger partial charge in [0.2, 0.25) is 0 Å². The van der Waals surface area contributed by atoms with Crippen molar-refractivity contribution in [3.8, 4) is 0 Å². The Morgan fingerprint density at radius 2 is 2.47 bits per heavy atom. The number of oxime groups is 1. The van der Waals surface area contributed by atoms with E-state index in [0.29, 0.717) is 5.69 Å². The zero-order valence-electron chi connectivity index (χ0n) is 9.71. The number of aliphatic imine (C=N–C) groups is 1. The average molecular weight is 249 g/mol. The summed E-state index contributed by atoms with van der Waals surface area (Å²) in [6, 6.07) is 0. The fourth-order valence-electron chi connectivity index (χ4n) is 1.28. The molecule has 1 rings (SSSR count). The zero-order valence-corrected chi connectivity index (χ0v) is 10.5. The minimum absolute atomic E-state index is 0.692. The van der Waals surface area contributed by atoms with E-state index in [2.05, 4.69) is 21.8 Å². The quantitative estimate of drug-likeness (QED) is 0.364. The average Bonchev–Trinajstić information content (AvgIpc) is 2.78. The van der Waals surface area contributed by atoms with Gasteiger partial charge in [0, 0.05) is 18.0 Å². The van der Waals surface area contributed by atoms with Crippen molar-refractivity contribution in [2.45, 2.75) is 19.8 Å². The molecular formula is C12H15N3OS. The van der Waals surface area contributed by atoms with Crippen LogP contribution in [0.4, 0.5) is 0 Å². The molecule has 0 radical (unpaired) electrons. The van der Waals surface area contributed by atoms with Crippen LogP contribution in [0.1, 0.15) is 24.0 Å². The van der Waals surface area contributed by atoms with Crippen LogP contribution < -0.4 is 0 Å². The maximum Gasteiger partial charge on any atom is 0.0958 e. The second kappa shape index (κ2) is 7.51. The molecule has 0 aliphatic rings. The summed E-state index contributed by atoms with van der Waals surface area (Å²) in [5, 5.41) is 14.2. The Labute approximate surface area is 105 Å². The third-order valence-corrected chi connectivity index (χ3v) is 3.08. The monoisotopic (exact) mass is 249 g/mol. The number of hydrogen-bond acceptors (Lipinski definition) is 5. The van der Waals surface area contributed by atoms with Crippen molar-refractivity contribution >= 4 is 24.3 Å². The first-order valence-electron chi connectivity index (χ1n) is 5.19. The van der Waals surface area contributed by atoms with E-state index in [1.807, 2.05) is 24.5 Å². The molecule has 1 heterocycles. The molecule has 17 heavy (non-hydrogen) atoms. The second-order valence-corrected chi connectivity index (χ2v) is 4.22. The summed E-state index contributed by atoms with van der Waals surface area (Å²) in [6.07, 6.45) is 8.78. The Hall–Kier alpha value is -1.75. The van der Waals surface area contributed by atoms with Gasteiger partial charge in [-0.15, -0.1) is 11.3 Å². The van der Waals surface area contributed by atoms with Gasteiger partial charge in [-0.25, -0.2) is 4.98 Å². The summed E-state index contributed by atoms with van der Waals surface area (Å²) in [4.78, 5) is 7.99. The molecule has 4 nitrogen and oxygen atoms in total. The van der Waals surface area contributed by atoms with E-state index >= 15 is 0 Å². The summed E-state index contributed by atoms with van der Waals surface area (Å²) in [7, 11) is 0. The summed E-state index contributed by atoms with van der Waals surface area (Å²) in [5.74, 6) is 0. The second-order valence-electron chi connectivity index (χ2n) is 3.27. The van der Waals surface area contributed by atoms with Crippen molar-refractivity contribution < 1.29 is 5.21 Å². The standard InChI is InChI=1S/C12H15N3OS/c1-3-10(6-7-13-2)4-5-12-15-11(8-14-16)9-17-12/h3,6-9,16H,2,4-5H2,1H3/b7-6-,10-3-,14-8-.